The van der Waals surface area contributed by atoms with Crippen LogP contribution in [0.3, 0.4) is 0 Å². The minimum absolute atomic E-state index is 0.106. The lowest BCUT2D eigenvalue weighted by atomic mass is 10.2. The third-order valence-electron chi connectivity index (χ3n) is 4.05. The molecule has 130 valence electrons. The van der Waals surface area contributed by atoms with E-state index in [4.69, 9.17) is 4.74 Å². The number of aliphatic imine (C=N–C) groups is 1. The summed E-state index contributed by atoms with van der Waals surface area (Å²) in [6.45, 7) is 4.34. The molecule has 2 heterocycles. The first-order chi connectivity index (χ1) is 12.1. The number of hydrogen-bond donors (Lipinski definition) is 2. The average Bonchev–Trinajstić information content (AvgIpc) is 3.23. The fourth-order valence-electron chi connectivity index (χ4n) is 2.73. The number of methoxy groups -OCH3 is 1. The highest BCUT2D eigenvalue weighted by Crippen LogP contribution is 2.14. The van der Waals surface area contributed by atoms with Crippen LogP contribution in [0.1, 0.15) is 23.9 Å². The average molecular weight is 339 g/mol. The van der Waals surface area contributed by atoms with Crippen molar-refractivity contribution in [2.75, 3.05) is 13.7 Å². The van der Waals surface area contributed by atoms with Gasteiger partial charge in [-0.25, -0.2) is 9.67 Å². The molecule has 0 aliphatic heterocycles. The molecule has 3 aromatic rings. The highest BCUT2D eigenvalue weighted by atomic mass is 16.5. The fraction of sp³-hybridized carbons (Fsp3) is 0.278. The molecule has 0 radical (unpaired) electrons. The lowest BCUT2D eigenvalue weighted by Gasteiger charge is -2.03. The Morgan fingerprint density at radius 3 is 2.72 bits per heavy atom. The maximum absolute atomic E-state index is 12.8. The standard InChI is InChI=1S/C18H21N5O2/c1-12(20-9-8-14-10-19-11-21-14)17-13(2)22-23(18(17)24)15-4-6-16(25-3)7-5-15/h4-7,10-11,22H,8-9H2,1-3H3,(H,19,21). The predicted octanol–water partition coefficient (Wildman–Crippen LogP) is 2.26. The first-order valence-corrected chi connectivity index (χ1v) is 8.05. The molecule has 0 aliphatic carbocycles. The molecule has 25 heavy (non-hydrogen) atoms. The largest absolute Gasteiger partial charge is 0.497 e. The molecule has 0 aliphatic rings. The van der Waals surface area contributed by atoms with Gasteiger partial charge in [0, 0.05) is 36.3 Å². The molecule has 3 rings (SSSR count). The van der Waals surface area contributed by atoms with Gasteiger partial charge < -0.3 is 9.72 Å². The second-order valence-corrected chi connectivity index (χ2v) is 5.74. The number of ether oxygens (including phenoxy) is 1. The van der Waals surface area contributed by atoms with E-state index in [9.17, 15) is 4.79 Å². The van der Waals surface area contributed by atoms with Gasteiger partial charge in [-0.05, 0) is 38.1 Å². The van der Waals surface area contributed by atoms with Gasteiger partial charge in [-0.1, -0.05) is 0 Å². The lowest BCUT2D eigenvalue weighted by Crippen LogP contribution is -2.19. The number of aromatic nitrogens is 4. The molecule has 7 nitrogen and oxygen atoms in total. The van der Waals surface area contributed by atoms with Crippen molar-refractivity contribution in [3.8, 4) is 11.4 Å². The summed E-state index contributed by atoms with van der Waals surface area (Å²) >= 11 is 0. The number of aromatic amines is 2. The maximum Gasteiger partial charge on any atom is 0.280 e. The van der Waals surface area contributed by atoms with Crippen LogP contribution in [0, 0.1) is 6.92 Å². The Hall–Kier alpha value is -3.09. The third-order valence-corrected chi connectivity index (χ3v) is 4.05. The minimum atomic E-state index is -0.106. The van der Waals surface area contributed by atoms with Crippen molar-refractivity contribution in [1.29, 1.82) is 0 Å². The van der Waals surface area contributed by atoms with Crippen LogP contribution >= 0.6 is 0 Å². The van der Waals surface area contributed by atoms with E-state index in [1.165, 1.54) is 4.68 Å². The van der Waals surface area contributed by atoms with Gasteiger partial charge in [0.05, 0.1) is 24.7 Å². The molecule has 0 fully saturated rings. The molecule has 0 saturated heterocycles. The van der Waals surface area contributed by atoms with Crippen LogP contribution in [-0.2, 0) is 6.42 Å². The summed E-state index contributed by atoms with van der Waals surface area (Å²) in [4.78, 5) is 24.4. The molecule has 0 atom stereocenters. The molecule has 1 aromatic carbocycles. The Labute approximate surface area is 145 Å². The van der Waals surface area contributed by atoms with E-state index in [0.29, 0.717) is 12.1 Å². The van der Waals surface area contributed by atoms with E-state index in [-0.39, 0.29) is 5.56 Å². The highest BCUT2D eigenvalue weighted by Gasteiger charge is 2.14. The number of nitrogens with zero attached hydrogens (tertiary/aromatic N) is 3. The van der Waals surface area contributed by atoms with Gasteiger partial charge in [0.1, 0.15) is 5.75 Å². The molecule has 0 amide bonds. The predicted molar refractivity (Wildman–Crippen MR) is 97.0 cm³/mol. The highest BCUT2D eigenvalue weighted by molar-refractivity contribution is 5.99. The fourth-order valence-corrected chi connectivity index (χ4v) is 2.73. The van der Waals surface area contributed by atoms with Crippen LogP contribution in [0.2, 0.25) is 0 Å². The molecule has 0 spiro atoms. The van der Waals surface area contributed by atoms with Crippen LogP contribution in [-0.4, -0.2) is 39.1 Å². The normalized spacial score (nSPS) is 11.7. The van der Waals surface area contributed by atoms with Gasteiger partial charge in [-0.15, -0.1) is 0 Å². The smallest absolute Gasteiger partial charge is 0.280 e. The Bertz CT molecular complexity index is 918. The molecule has 0 unspecified atom stereocenters. The maximum atomic E-state index is 12.8. The first kappa shape index (κ1) is 16.8. The zero-order valence-corrected chi connectivity index (χ0v) is 14.5. The summed E-state index contributed by atoms with van der Waals surface area (Å²) in [6.07, 6.45) is 4.19. The van der Waals surface area contributed by atoms with Crippen molar-refractivity contribution in [2.24, 2.45) is 4.99 Å². The molecular formula is C18H21N5O2. The molecule has 2 N–H and O–H groups in total. The quantitative estimate of drug-likeness (QED) is 0.675. The van der Waals surface area contributed by atoms with E-state index in [0.717, 1.165) is 35.0 Å². The van der Waals surface area contributed by atoms with E-state index >= 15 is 0 Å². The zero-order chi connectivity index (χ0) is 17.8. The van der Waals surface area contributed by atoms with E-state index < -0.39 is 0 Å². The van der Waals surface area contributed by atoms with Crippen molar-refractivity contribution in [3.05, 3.63) is 64.1 Å². The molecular weight excluding hydrogens is 318 g/mol. The number of aryl methyl sites for hydroxylation is 1. The van der Waals surface area contributed by atoms with Gasteiger partial charge in [-0.3, -0.25) is 14.9 Å². The summed E-state index contributed by atoms with van der Waals surface area (Å²) in [5.41, 5.74) is 3.81. The number of rotatable bonds is 6. The summed E-state index contributed by atoms with van der Waals surface area (Å²) in [5, 5.41) is 3.12. The number of benzene rings is 1. The van der Waals surface area contributed by atoms with Crippen molar-refractivity contribution in [3.63, 3.8) is 0 Å². The van der Waals surface area contributed by atoms with Crippen molar-refractivity contribution >= 4 is 5.71 Å². The molecule has 7 heteroatoms. The number of nitrogens with one attached hydrogen (secondary N) is 2. The molecule has 2 aromatic heterocycles. The lowest BCUT2D eigenvalue weighted by molar-refractivity contribution is 0.414. The second-order valence-electron chi connectivity index (χ2n) is 5.74. The van der Waals surface area contributed by atoms with Gasteiger partial charge in [0.25, 0.3) is 5.56 Å². The summed E-state index contributed by atoms with van der Waals surface area (Å²) in [6, 6.07) is 7.32. The molecule has 0 saturated carbocycles. The Morgan fingerprint density at radius 2 is 2.08 bits per heavy atom. The summed E-state index contributed by atoms with van der Waals surface area (Å²) in [5.74, 6) is 0.747. The monoisotopic (exact) mass is 339 g/mol. The van der Waals surface area contributed by atoms with Gasteiger partial charge in [0.2, 0.25) is 0 Å². The number of H-pyrrole nitrogens is 2. The van der Waals surface area contributed by atoms with Gasteiger partial charge in [0.15, 0.2) is 0 Å². The van der Waals surface area contributed by atoms with Crippen LogP contribution < -0.4 is 10.3 Å². The Balaban J connectivity index is 1.84. The zero-order valence-electron chi connectivity index (χ0n) is 14.5. The van der Waals surface area contributed by atoms with E-state index in [2.05, 4.69) is 20.1 Å². The van der Waals surface area contributed by atoms with Crippen LogP contribution in [0.5, 0.6) is 5.75 Å². The van der Waals surface area contributed by atoms with Crippen LogP contribution in [0.4, 0.5) is 0 Å². The van der Waals surface area contributed by atoms with Crippen molar-refractivity contribution in [2.45, 2.75) is 20.3 Å². The van der Waals surface area contributed by atoms with Gasteiger partial charge in [-0.2, -0.15) is 0 Å². The van der Waals surface area contributed by atoms with Crippen LogP contribution in [0.25, 0.3) is 5.69 Å². The van der Waals surface area contributed by atoms with E-state index in [1.54, 1.807) is 19.6 Å². The summed E-state index contributed by atoms with van der Waals surface area (Å²) in [7, 11) is 1.61. The third kappa shape index (κ3) is 3.55. The first-order valence-electron chi connectivity index (χ1n) is 8.05. The van der Waals surface area contributed by atoms with Crippen LogP contribution in [0.15, 0.2) is 46.6 Å². The SMILES string of the molecule is COc1ccc(-n2[nH]c(C)c(C(C)=NCCc3cnc[nH]3)c2=O)cc1. The minimum Gasteiger partial charge on any atom is -0.497 e. The van der Waals surface area contributed by atoms with E-state index in [1.807, 2.05) is 38.1 Å². The summed E-state index contributed by atoms with van der Waals surface area (Å²) < 4.78 is 6.68. The van der Waals surface area contributed by atoms with Gasteiger partial charge >= 0.3 is 0 Å². The number of imidazole rings is 1. The molecule has 0 bridgehead atoms. The Kier molecular flexibility index (Phi) is 4.83. The Morgan fingerprint density at radius 1 is 1.32 bits per heavy atom. The van der Waals surface area contributed by atoms with Crippen molar-refractivity contribution in [1.82, 2.24) is 19.7 Å². The number of hydrogen-bond acceptors (Lipinski definition) is 4. The van der Waals surface area contributed by atoms with Crippen molar-refractivity contribution < 1.29 is 4.74 Å². The second kappa shape index (κ2) is 7.21. The topological polar surface area (TPSA) is 88.1 Å².